The standard InChI is InChI=1S/C26H16Cl2N2O3S/c1-13-2-4-14(5-3-13)22-17-9-7-16(11-20(17)33-25(30)19(22)12-29)32-26(31)24-23(28)18-8-6-15(27)10-21(18)34-24/h2-11,22H,30H2,1H3. The zero-order valence-corrected chi connectivity index (χ0v) is 20.1. The lowest BCUT2D eigenvalue weighted by molar-refractivity contribution is 0.0740. The van der Waals surface area contributed by atoms with Crippen LogP contribution < -0.4 is 15.2 Å². The number of carbonyl (C=O) groups is 1. The Balaban J connectivity index is 1.49. The van der Waals surface area contributed by atoms with Gasteiger partial charge < -0.3 is 15.2 Å². The summed E-state index contributed by atoms with van der Waals surface area (Å²) in [5, 5.41) is 11.3. The van der Waals surface area contributed by atoms with Crippen molar-refractivity contribution in [2.75, 3.05) is 0 Å². The number of carbonyl (C=O) groups excluding carboxylic acids is 1. The Morgan fingerprint density at radius 1 is 1.12 bits per heavy atom. The van der Waals surface area contributed by atoms with E-state index in [9.17, 15) is 10.1 Å². The maximum Gasteiger partial charge on any atom is 0.355 e. The number of hydrogen-bond donors (Lipinski definition) is 1. The van der Waals surface area contributed by atoms with Gasteiger partial charge in [-0.1, -0.05) is 65.2 Å². The first-order valence-corrected chi connectivity index (χ1v) is 11.8. The highest BCUT2D eigenvalue weighted by atomic mass is 35.5. The van der Waals surface area contributed by atoms with Crippen molar-refractivity contribution in [2.24, 2.45) is 5.73 Å². The summed E-state index contributed by atoms with van der Waals surface area (Å²) in [5.41, 5.74) is 9.18. The fourth-order valence-corrected chi connectivity index (χ4v) is 5.59. The van der Waals surface area contributed by atoms with Gasteiger partial charge in [0.2, 0.25) is 5.88 Å². The number of nitriles is 1. The van der Waals surface area contributed by atoms with Gasteiger partial charge in [-0.2, -0.15) is 5.26 Å². The van der Waals surface area contributed by atoms with Crippen LogP contribution >= 0.6 is 34.5 Å². The van der Waals surface area contributed by atoms with Crippen LogP contribution in [0, 0.1) is 18.3 Å². The van der Waals surface area contributed by atoms with Gasteiger partial charge in [0.05, 0.1) is 10.9 Å². The molecule has 0 amide bonds. The summed E-state index contributed by atoms with van der Waals surface area (Å²) in [5.74, 6) is -0.267. The molecule has 0 aliphatic carbocycles. The molecular weight excluding hydrogens is 491 g/mol. The highest BCUT2D eigenvalue weighted by Crippen LogP contribution is 2.44. The van der Waals surface area contributed by atoms with Crippen LogP contribution in [0.5, 0.6) is 11.5 Å². The molecule has 5 rings (SSSR count). The van der Waals surface area contributed by atoms with E-state index in [0.717, 1.165) is 26.8 Å². The van der Waals surface area contributed by atoms with Crippen LogP contribution in [0.2, 0.25) is 10.0 Å². The van der Waals surface area contributed by atoms with E-state index >= 15 is 0 Å². The van der Waals surface area contributed by atoms with Gasteiger partial charge in [0, 0.05) is 26.7 Å². The molecule has 168 valence electrons. The van der Waals surface area contributed by atoms with E-state index in [2.05, 4.69) is 6.07 Å². The van der Waals surface area contributed by atoms with Crippen molar-refractivity contribution < 1.29 is 14.3 Å². The summed E-state index contributed by atoms with van der Waals surface area (Å²) < 4.78 is 12.1. The maximum atomic E-state index is 12.9. The Morgan fingerprint density at radius 3 is 2.62 bits per heavy atom. The summed E-state index contributed by atoms with van der Waals surface area (Å²) in [6.07, 6.45) is 0. The third-order valence-electron chi connectivity index (χ3n) is 5.59. The molecule has 1 aromatic heterocycles. The molecule has 5 nitrogen and oxygen atoms in total. The molecule has 2 N–H and O–H groups in total. The Labute approximate surface area is 209 Å². The highest BCUT2D eigenvalue weighted by molar-refractivity contribution is 7.21. The fourth-order valence-electron chi connectivity index (χ4n) is 3.92. The van der Waals surface area contributed by atoms with Crippen LogP contribution in [0.15, 0.2) is 72.1 Å². The average molecular weight is 507 g/mol. The molecule has 2 heterocycles. The molecule has 1 atom stereocenters. The van der Waals surface area contributed by atoms with Crippen LogP contribution in [0.25, 0.3) is 10.1 Å². The number of allylic oxidation sites excluding steroid dienone is 1. The van der Waals surface area contributed by atoms with E-state index in [0.29, 0.717) is 21.4 Å². The van der Waals surface area contributed by atoms with Crippen LogP contribution in [-0.2, 0) is 0 Å². The molecule has 34 heavy (non-hydrogen) atoms. The number of thiophene rings is 1. The van der Waals surface area contributed by atoms with E-state index in [1.807, 2.05) is 31.2 Å². The topological polar surface area (TPSA) is 85.3 Å². The van der Waals surface area contributed by atoms with E-state index in [1.54, 1.807) is 36.4 Å². The minimum absolute atomic E-state index is 0.0217. The number of nitrogens with zero attached hydrogens (tertiary/aromatic N) is 1. The average Bonchev–Trinajstić information content (AvgIpc) is 3.14. The van der Waals surface area contributed by atoms with Crippen molar-refractivity contribution in [3.63, 3.8) is 0 Å². The third kappa shape index (κ3) is 3.88. The number of nitrogens with two attached hydrogens (primary N) is 1. The Kier molecular flexibility index (Phi) is 5.70. The monoisotopic (exact) mass is 506 g/mol. The molecular formula is C26H16Cl2N2O3S. The largest absolute Gasteiger partial charge is 0.440 e. The molecule has 0 radical (unpaired) electrons. The summed E-state index contributed by atoms with van der Waals surface area (Å²) in [6.45, 7) is 2.00. The van der Waals surface area contributed by atoms with Crippen molar-refractivity contribution in [1.82, 2.24) is 0 Å². The predicted octanol–water partition coefficient (Wildman–Crippen LogP) is 6.95. The molecule has 1 unspecified atom stereocenters. The molecule has 0 bridgehead atoms. The number of benzene rings is 3. The fraction of sp³-hybridized carbons (Fsp3) is 0.0769. The minimum Gasteiger partial charge on any atom is -0.440 e. The molecule has 0 saturated heterocycles. The normalized spacial score (nSPS) is 14.9. The number of rotatable bonds is 3. The third-order valence-corrected chi connectivity index (χ3v) is 7.46. The molecule has 0 fully saturated rings. The zero-order valence-electron chi connectivity index (χ0n) is 17.8. The SMILES string of the molecule is Cc1ccc(C2C(C#N)=C(N)Oc3cc(OC(=O)c4sc5cc(Cl)ccc5c4Cl)ccc32)cc1. The summed E-state index contributed by atoms with van der Waals surface area (Å²) >= 11 is 13.7. The second kappa shape index (κ2) is 8.69. The zero-order chi connectivity index (χ0) is 24.0. The number of esters is 1. The lowest BCUT2D eigenvalue weighted by Crippen LogP contribution is -2.21. The van der Waals surface area contributed by atoms with Gasteiger partial charge in [0.15, 0.2) is 0 Å². The van der Waals surface area contributed by atoms with Crippen LogP contribution in [0.4, 0.5) is 0 Å². The van der Waals surface area contributed by atoms with Gasteiger partial charge in [0.1, 0.15) is 28.0 Å². The number of aryl methyl sites for hydroxylation is 1. The highest BCUT2D eigenvalue weighted by Gasteiger charge is 2.31. The van der Waals surface area contributed by atoms with Crippen molar-refractivity contribution in [3.8, 4) is 17.6 Å². The number of fused-ring (bicyclic) bond motifs is 2. The van der Waals surface area contributed by atoms with Crippen molar-refractivity contribution in [2.45, 2.75) is 12.8 Å². The molecule has 3 aromatic carbocycles. The van der Waals surface area contributed by atoms with Gasteiger partial charge in [-0.25, -0.2) is 4.79 Å². The second-order valence-electron chi connectivity index (χ2n) is 7.81. The molecule has 1 aliphatic rings. The van der Waals surface area contributed by atoms with Crippen LogP contribution in [-0.4, -0.2) is 5.97 Å². The van der Waals surface area contributed by atoms with E-state index in [1.165, 1.54) is 11.3 Å². The van der Waals surface area contributed by atoms with E-state index < -0.39 is 5.97 Å². The predicted molar refractivity (Wildman–Crippen MR) is 134 cm³/mol. The van der Waals surface area contributed by atoms with Crippen molar-refractivity contribution >= 4 is 50.6 Å². The molecule has 1 aliphatic heterocycles. The Bertz CT molecular complexity index is 1530. The van der Waals surface area contributed by atoms with Gasteiger partial charge in [-0.15, -0.1) is 11.3 Å². The first kappa shape index (κ1) is 22.3. The molecule has 0 spiro atoms. The number of halogens is 2. The lowest BCUT2D eigenvalue weighted by atomic mass is 9.83. The van der Waals surface area contributed by atoms with Crippen molar-refractivity contribution in [1.29, 1.82) is 5.26 Å². The van der Waals surface area contributed by atoms with Crippen LogP contribution in [0.3, 0.4) is 0 Å². The second-order valence-corrected chi connectivity index (χ2v) is 9.68. The van der Waals surface area contributed by atoms with Crippen LogP contribution in [0.1, 0.15) is 32.3 Å². The summed E-state index contributed by atoms with van der Waals surface area (Å²) in [7, 11) is 0. The van der Waals surface area contributed by atoms with E-state index in [4.69, 9.17) is 38.4 Å². The Hall–Kier alpha value is -3.50. The summed E-state index contributed by atoms with van der Waals surface area (Å²) in [6, 6.07) is 20.3. The maximum absolute atomic E-state index is 12.9. The number of hydrogen-bond acceptors (Lipinski definition) is 6. The van der Waals surface area contributed by atoms with Gasteiger partial charge >= 0.3 is 5.97 Å². The lowest BCUT2D eigenvalue weighted by Gasteiger charge is -2.26. The smallest absolute Gasteiger partial charge is 0.355 e. The first-order valence-electron chi connectivity index (χ1n) is 10.2. The molecule has 4 aromatic rings. The van der Waals surface area contributed by atoms with Gasteiger partial charge in [-0.05, 0) is 30.7 Å². The van der Waals surface area contributed by atoms with E-state index in [-0.39, 0.29) is 22.4 Å². The molecule has 8 heteroatoms. The molecule has 0 saturated carbocycles. The number of ether oxygens (including phenoxy) is 2. The van der Waals surface area contributed by atoms with Crippen molar-refractivity contribution in [3.05, 3.63) is 104 Å². The quantitative estimate of drug-likeness (QED) is 0.240. The summed E-state index contributed by atoms with van der Waals surface area (Å²) in [4.78, 5) is 13.2. The van der Waals surface area contributed by atoms with Gasteiger partial charge in [-0.3, -0.25) is 0 Å². The first-order chi connectivity index (χ1) is 16.4. The Morgan fingerprint density at radius 2 is 1.88 bits per heavy atom. The van der Waals surface area contributed by atoms with Gasteiger partial charge in [0.25, 0.3) is 0 Å². The minimum atomic E-state index is -0.589.